The Morgan fingerprint density at radius 3 is 3.00 bits per heavy atom. The number of hydrogen-bond donors (Lipinski definition) is 1. The second-order valence-electron chi connectivity index (χ2n) is 4.04. The minimum Gasteiger partial charge on any atom is -0.367 e. The van der Waals surface area contributed by atoms with Gasteiger partial charge in [0.1, 0.15) is 5.69 Å². The monoisotopic (exact) mass is 255 g/mol. The molecule has 1 atom stereocenters. The maximum atomic E-state index is 12.0. The van der Waals surface area contributed by atoms with Gasteiger partial charge >= 0.3 is 0 Å². The van der Waals surface area contributed by atoms with Crippen molar-refractivity contribution in [3.63, 3.8) is 0 Å². The molecule has 0 unspecified atom stereocenters. The average Bonchev–Trinajstić information content (AvgIpc) is 2.81. The number of morpholine rings is 1. The highest BCUT2D eigenvalue weighted by molar-refractivity contribution is 7.07. The number of amides is 2. The molecule has 7 heteroatoms. The standard InChI is InChI=1S/C10H13N3O3S/c1-10(9(11)15)5-13(2-3-16-10)8(14)7-4-17-6-12-7/h4,6H,2-3,5H2,1H3,(H2,11,15)/t10-/m1/s1. The summed E-state index contributed by atoms with van der Waals surface area (Å²) >= 11 is 1.36. The van der Waals surface area contributed by atoms with E-state index in [-0.39, 0.29) is 12.5 Å². The Labute approximate surface area is 102 Å². The van der Waals surface area contributed by atoms with E-state index < -0.39 is 11.5 Å². The van der Waals surface area contributed by atoms with Gasteiger partial charge in [0.25, 0.3) is 11.8 Å². The first-order valence-corrected chi connectivity index (χ1v) is 6.08. The van der Waals surface area contributed by atoms with Crippen LogP contribution in [0.25, 0.3) is 0 Å². The Kier molecular flexibility index (Phi) is 3.12. The zero-order chi connectivity index (χ0) is 12.5. The van der Waals surface area contributed by atoms with Crippen LogP contribution in [0.3, 0.4) is 0 Å². The van der Waals surface area contributed by atoms with Crippen LogP contribution in [0.1, 0.15) is 17.4 Å². The number of rotatable bonds is 2. The van der Waals surface area contributed by atoms with Crippen molar-refractivity contribution in [3.05, 3.63) is 16.6 Å². The summed E-state index contributed by atoms with van der Waals surface area (Å²) in [6.07, 6.45) is 0. The third-order valence-corrected chi connectivity index (χ3v) is 3.32. The Bertz CT molecular complexity index is 434. The van der Waals surface area contributed by atoms with Crippen molar-refractivity contribution in [2.75, 3.05) is 19.7 Å². The van der Waals surface area contributed by atoms with Crippen LogP contribution >= 0.6 is 11.3 Å². The molecule has 2 heterocycles. The van der Waals surface area contributed by atoms with Crippen LogP contribution < -0.4 is 5.73 Å². The Morgan fingerprint density at radius 2 is 2.41 bits per heavy atom. The van der Waals surface area contributed by atoms with Gasteiger partial charge in [0.2, 0.25) is 0 Å². The summed E-state index contributed by atoms with van der Waals surface area (Å²) in [6, 6.07) is 0. The lowest BCUT2D eigenvalue weighted by Gasteiger charge is -2.37. The van der Waals surface area contributed by atoms with Crippen molar-refractivity contribution in [1.29, 1.82) is 0 Å². The largest absolute Gasteiger partial charge is 0.367 e. The predicted molar refractivity (Wildman–Crippen MR) is 61.6 cm³/mol. The zero-order valence-electron chi connectivity index (χ0n) is 9.38. The van der Waals surface area contributed by atoms with Gasteiger partial charge in [-0.2, -0.15) is 0 Å². The molecule has 1 aliphatic heterocycles. The molecule has 1 aliphatic rings. The van der Waals surface area contributed by atoms with Gasteiger partial charge in [0.05, 0.1) is 18.7 Å². The number of ether oxygens (including phenoxy) is 1. The van der Waals surface area contributed by atoms with Gasteiger partial charge in [-0.1, -0.05) is 0 Å². The molecular formula is C10H13N3O3S. The first-order valence-electron chi connectivity index (χ1n) is 5.14. The number of nitrogens with two attached hydrogens (primary N) is 1. The van der Waals surface area contributed by atoms with Gasteiger partial charge in [-0.15, -0.1) is 11.3 Å². The summed E-state index contributed by atoms with van der Waals surface area (Å²) in [7, 11) is 0. The Morgan fingerprint density at radius 1 is 1.65 bits per heavy atom. The van der Waals surface area contributed by atoms with Crippen molar-refractivity contribution in [2.45, 2.75) is 12.5 Å². The second-order valence-corrected chi connectivity index (χ2v) is 4.76. The normalized spacial score (nSPS) is 24.6. The van der Waals surface area contributed by atoms with Crippen LogP contribution in [0, 0.1) is 0 Å². The van der Waals surface area contributed by atoms with Crippen molar-refractivity contribution < 1.29 is 14.3 Å². The third-order valence-electron chi connectivity index (χ3n) is 2.73. The van der Waals surface area contributed by atoms with E-state index in [4.69, 9.17) is 10.5 Å². The lowest BCUT2D eigenvalue weighted by molar-refractivity contribution is -0.150. The molecule has 0 spiro atoms. The van der Waals surface area contributed by atoms with Crippen molar-refractivity contribution >= 4 is 23.2 Å². The number of primary amides is 1. The van der Waals surface area contributed by atoms with Gasteiger partial charge in [-0.3, -0.25) is 9.59 Å². The quantitative estimate of drug-likeness (QED) is 0.797. The number of nitrogens with zero attached hydrogens (tertiary/aromatic N) is 2. The molecule has 1 fully saturated rings. The fourth-order valence-corrected chi connectivity index (χ4v) is 2.20. The SMILES string of the molecule is C[C@]1(C(N)=O)CN(C(=O)c2cscn2)CCO1. The first-order chi connectivity index (χ1) is 8.03. The van der Waals surface area contributed by atoms with E-state index in [1.165, 1.54) is 11.3 Å². The summed E-state index contributed by atoms with van der Waals surface area (Å²) in [5.74, 6) is -0.754. The smallest absolute Gasteiger partial charge is 0.273 e. The Balaban J connectivity index is 2.13. The van der Waals surface area contributed by atoms with Gasteiger partial charge in [-0.25, -0.2) is 4.98 Å². The van der Waals surface area contributed by atoms with Gasteiger partial charge in [-0.05, 0) is 6.92 Å². The van der Waals surface area contributed by atoms with Crippen LogP contribution in [-0.2, 0) is 9.53 Å². The molecule has 2 rings (SSSR count). The van der Waals surface area contributed by atoms with Gasteiger partial charge in [0.15, 0.2) is 5.60 Å². The molecule has 0 saturated carbocycles. The summed E-state index contributed by atoms with van der Waals surface area (Å²) in [4.78, 5) is 28.8. The minimum absolute atomic E-state index is 0.165. The van der Waals surface area contributed by atoms with Gasteiger partial charge in [0, 0.05) is 11.9 Å². The highest BCUT2D eigenvalue weighted by Crippen LogP contribution is 2.19. The number of aromatic nitrogens is 1. The molecular weight excluding hydrogens is 242 g/mol. The molecule has 0 aliphatic carbocycles. The number of hydrogen-bond acceptors (Lipinski definition) is 5. The molecule has 0 aromatic carbocycles. The lowest BCUT2D eigenvalue weighted by atomic mass is 10.0. The molecule has 0 radical (unpaired) electrons. The van der Waals surface area contributed by atoms with E-state index in [9.17, 15) is 9.59 Å². The molecule has 6 nitrogen and oxygen atoms in total. The highest BCUT2D eigenvalue weighted by atomic mass is 32.1. The molecule has 2 amide bonds. The summed E-state index contributed by atoms with van der Waals surface area (Å²) < 4.78 is 5.34. The molecule has 2 N–H and O–H groups in total. The van der Waals surface area contributed by atoms with Crippen LogP contribution in [0.4, 0.5) is 0 Å². The number of carbonyl (C=O) groups excluding carboxylic acids is 2. The van der Waals surface area contributed by atoms with Crippen molar-refractivity contribution in [3.8, 4) is 0 Å². The molecule has 1 saturated heterocycles. The maximum absolute atomic E-state index is 12.0. The highest BCUT2D eigenvalue weighted by Gasteiger charge is 2.39. The van der Waals surface area contributed by atoms with E-state index >= 15 is 0 Å². The van der Waals surface area contributed by atoms with Crippen molar-refractivity contribution in [2.24, 2.45) is 5.73 Å². The predicted octanol–water partition coefficient (Wildman–Crippen LogP) is -0.141. The first kappa shape index (κ1) is 12.0. The van der Waals surface area contributed by atoms with E-state index in [1.54, 1.807) is 22.7 Å². The second kappa shape index (κ2) is 4.42. The average molecular weight is 255 g/mol. The fraction of sp³-hybridized carbons (Fsp3) is 0.500. The van der Waals surface area contributed by atoms with Crippen molar-refractivity contribution in [1.82, 2.24) is 9.88 Å². The van der Waals surface area contributed by atoms with Crippen LogP contribution in [0.5, 0.6) is 0 Å². The summed E-state index contributed by atoms with van der Waals surface area (Å²) in [5, 5.41) is 1.68. The maximum Gasteiger partial charge on any atom is 0.273 e. The molecule has 1 aromatic heterocycles. The fourth-order valence-electron chi connectivity index (χ4n) is 1.67. The van der Waals surface area contributed by atoms with Crippen LogP contribution in [-0.4, -0.2) is 47.0 Å². The molecule has 17 heavy (non-hydrogen) atoms. The van der Waals surface area contributed by atoms with Crippen LogP contribution in [0.2, 0.25) is 0 Å². The van der Waals surface area contributed by atoms with E-state index in [2.05, 4.69) is 4.98 Å². The van der Waals surface area contributed by atoms with E-state index in [0.717, 1.165) is 0 Å². The lowest BCUT2D eigenvalue weighted by Crippen LogP contribution is -2.58. The minimum atomic E-state index is -1.11. The summed E-state index contributed by atoms with van der Waals surface area (Å²) in [6.45, 7) is 2.50. The number of thiazole rings is 1. The third kappa shape index (κ3) is 2.29. The van der Waals surface area contributed by atoms with Gasteiger partial charge < -0.3 is 15.4 Å². The topological polar surface area (TPSA) is 85.5 Å². The number of carbonyl (C=O) groups is 2. The molecule has 92 valence electrons. The molecule has 0 bridgehead atoms. The van der Waals surface area contributed by atoms with Crippen LogP contribution in [0.15, 0.2) is 10.9 Å². The molecule has 1 aromatic rings. The van der Waals surface area contributed by atoms with E-state index in [0.29, 0.717) is 18.8 Å². The summed E-state index contributed by atoms with van der Waals surface area (Å²) in [5.41, 5.74) is 6.15. The Hall–Kier alpha value is -1.47. The van der Waals surface area contributed by atoms with E-state index in [1.807, 2.05) is 0 Å². The zero-order valence-corrected chi connectivity index (χ0v) is 10.2.